The average Bonchev–Trinajstić information content (AvgIpc) is 3.25. The van der Waals surface area contributed by atoms with Crippen LogP contribution < -0.4 is 9.80 Å². The number of carbonyl (C=O) groups excluding carboxylic acids is 4. The molecule has 0 unspecified atom stereocenters. The lowest BCUT2D eigenvalue weighted by Crippen LogP contribution is -2.57. The molecule has 5 rings (SSSR count). The Kier molecular flexibility index (Phi) is 7.40. The highest BCUT2D eigenvalue weighted by molar-refractivity contribution is 6.46. The van der Waals surface area contributed by atoms with Crippen molar-refractivity contribution in [1.29, 1.82) is 0 Å². The maximum atomic E-state index is 13.8. The predicted molar refractivity (Wildman–Crippen MR) is 157 cm³/mol. The van der Waals surface area contributed by atoms with Gasteiger partial charge in [0.1, 0.15) is 5.57 Å². The van der Waals surface area contributed by atoms with E-state index in [9.17, 15) is 19.2 Å². The van der Waals surface area contributed by atoms with E-state index in [4.69, 9.17) is 4.74 Å². The Morgan fingerprint density at radius 2 is 1.32 bits per heavy atom. The number of rotatable bonds is 6. The standard InChI is InChI=1S/C33H29N3O5/c1-5-41-32(39)24-13-17-27(18-14-24)34-22(3)19-25(23(34)4)20-29-30(37)35(26-9-7-6-8-10-26)33(40)36(31(29)38)28-15-11-21(2)12-16-28/h6-20H,5H2,1-4H3/b29-20+. The highest BCUT2D eigenvalue weighted by Gasteiger charge is 2.43. The summed E-state index contributed by atoms with van der Waals surface area (Å²) in [4.78, 5) is 55.3. The van der Waals surface area contributed by atoms with Crippen LogP contribution in [0.4, 0.5) is 16.2 Å². The zero-order chi connectivity index (χ0) is 29.3. The Morgan fingerprint density at radius 3 is 1.90 bits per heavy atom. The molecule has 41 heavy (non-hydrogen) atoms. The van der Waals surface area contributed by atoms with Crippen molar-refractivity contribution in [3.8, 4) is 5.69 Å². The fourth-order valence-corrected chi connectivity index (χ4v) is 4.90. The van der Waals surface area contributed by atoms with Crippen LogP contribution in [0, 0.1) is 20.8 Å². The number of imide groups is 2. The zero-order valence-electron chi connectivity index (χ0n) is 23.3. The summed E-state index contributed by atoms with van der Waals surface area (Å²) in [5.74, 6) is -1.78. The highest BCUT2D eigenvalue weighted by atomic mass is 16.5. The number of para-hydroxylation sites is 1. The van der Waals surface area contributed by atoms with Crippen molar-refractivity contribution < 1.29 is 23.9 Å². The number of carbonyl (C=O) groups is 4. The van der Waals surface area contributed by atoms with Crippen molar-refractivity contribution in [2.45, 2.75) is 27.7 Å². The summed E-state index contributed by atoms with van der Waals surface area (Å²) in [5.41, 5.74) is 5.13. The monoisotopic (exact) mass is 547 g/mol. The number of hydrogen-bond acceptors (Lipinski definition) is 5. The Labute approximate surface area is 238 Å². The highest BCUT2D eigenvalue weighted by Crippen LogP contribution is 2.31. The number of esters is 1. The molecule has 8 heteroatoms. The van der Waals surface area contributed by atoms with Gasteiger partial charge < -0.3 is 9.30 Å². The van der Waals surface area contributed by atoms with E-state index in [1.165, 1.54) is 0 Å². The second-order valence-corrected chi connectivity index (χ2v) is 9.72. The SMILES string of the molecule is CCOC(=O)c1ccc(-n2c(C)cc(/C=C3\C(=O)N(c4ccccc4)C(=O)N(c4ccc(C)cc4)C3=O)c2C)cc1. The van der Waals surface area contributed by atoms with Gasteiger partial charge in [-0.2, -0.15) is 0 Å². The van der Waals surface area contributed by atoms with E-state index in [1.54, 1.807) is 67.6 Å². The fraction of sp³-hybridized carbons (Fsp3) is 0.152. The Hall–Kier alpha value is -5.24. The second kappa shape index (κ2) is 11.1. The molecule has 1 aliphatic heterocycles. The number of nitrogens with zero attached hydrogens (tertiary/aromatic N) is 3. The van der Waals surface area contributed by atoms with Gasteiger partial charge in [-0.15, -0.1) is 0 Å². The van der Waals surface area contributed by atoms with Crippen molar-refractivity contribution in [3.63, 3.8) is 0 Å². The molecule has 1 aliphatic rings. The Balaban J connectivity index is 1.58. The molecule has 4 aromatic rings. The third-order valence-corrected chi connectivity index (χ3v) is 6.96. The van der Waals surface area contributed by atoms with E-state index in [0.29, 0.717) is 29.1 Å². The molecule has 3 aromatic carbocycles. The van der Waals surface area contributed by atoms with Crippen LogP contribution in [0.2, 0.25) is 0 Å². The number of barbiturate groups is 1. The van der Waals surface area contributed by atoms with Gasteiger partial charge in [0.25, 0.3) is 11.8 Å². The second-order valence-electron chi connectivity index (χ2n) is 9.72. The van der Waals surface area contributed by atoms with E-state index in [0.717, 1.165) is 32.4 Å². The average molecular weight is 548 g/mol. The largest absolute Gasteiger partial charge is 0.462 e. The van der Waals surface area contributed by atoms with Crippen LogP contribution in [0.25, 0.3) is 11.8 Å². The summed E-state index contributed by atoms with van der Waals surface area (Å²) in [6.07, 6.45) is 1.54. The molecule has 0 radical (unpaired) electrons. The zero-order valence-corrected chi connectivity index (χ0v) is 23.3. The lowest BCUT2D eigenvalue weighted by molar-refractivity contribution is -0.121. The molecule has 0 saturated carbocycles. The number of urea groups is 1. The maximum absolute atomic E-state index is 13.8. The molecule has 8 nitrogen and oxygen atoms in total. The molecule has 1 aromatic heterocycles. The van der Waals surface area contributed by atoms with E-state index in [1.807, 2.05) is 55.7 Å². The van der Waals surface area contributed by atoms with Crippen molar-refractivity contribution in [2.24, 2.45) is 0 Å². The first-order valence-corrected chi connectivity index (χ1v) is 13.2. The van der Waals surface area contributed by atoms with Crippen LogP contribution in [-0.2, 0) is 14.3 Å². The maximum Gasteiger partial charge on any atom is 0.343 e. The van der Waals surface area contributed by atoms with Crippen molar-refractivity contribution in [1.82, 2.24) is 4.57 Å². The van der Waals surface area contributed by atoms with Gasteiger partial charge in [-0.1, -0.05) is 35.9 Å². The van der Waals surface area contributed by atoms with Crippen LogP contribution in [0.3, 0.4) is 0 Å². The Morgan fingerprint density at radius 1 is 0.756 bits per heavy atom. The molecule has 0 atom stereocenters. The molecule has 0 aliphatic carbocycles. The minimum Gasteiger partial charge on any atom is -0.462 e. The molecular formula is C33H29N3O5. The predicted octanol–water partition coefficient (Wildman–Crippen LogP) is 6.16. The number of ether oxygens (including phenoxy) is 1. The van der Waals surface area contributed by atoms with Crippen LogP contribution in [0.1, 0.15) is 39.8 Å². The van der Waals surface area contributed by atoms with Crippen LogP contribution in [0.15, 0.2) is 90.5 Å². The molecule has 0 bridgehead atoms. The van der Waals surface area contributed by atoms with Gasteiger partial charge in [0, 0.05) is 17.1 Å². The van der Waals surface area contributed by atoms with Gasteiger partial charge in [0.15, 0.2) is 0 Å². The fourth-order valence-electron chi connectivity index (χ4n) is 4.90. The first kappa shape index (κ1) is 27.3. The number of anilines is 2. The van der Waals surface area contributed by atoms with Crippen molar-refractivity contribution >= 4 is 41.3 Å². The van der Waals surface area contributed by atoms with Gasteiger partial charge in [0.05, 0.1) is 23.5 Å². The van der Waals surface area contributed by atoms with Gasteiger partial charge >= 0.3 is 12.0 Å². The molecule has 4 amide bonds. The van der Waals surface area contributed by atoms with Crippen molar-refractivity contribution in [3.05, 3.63) is 119 Å². The minimum atomic E-state index is -0.737. The van der Waals surface area contributed by atoms with E-state index in [2.05, 4.69) is 0 Å². The number of aryl methyl sites for hydroxylation is 2. The molecule has 206 valence electrons. The number of hydrogen-bond donors (Lipinski definition) is 0. The number of amides is 4. The Bertz CT molecular complexity index is 1680. The summed E-state index contributed by atoms with van der Waals surface area (Å²) in [7, 11) is 0. The van der Waals surface area contributed by atoms with Gasteiger partial charge in [-0.05, 0) is 93.9 Å². The van der Waals surface area contributed by atoms with Gasteiger partial charge in [0.2, 0.25) is 0 Å². The number of benzene rings is 3. The summed E-state index contributed by atoms with van der Waals surface area (Å²) in [6.45, 7) is 7.76. The first-order chi connectivity index (χ1) is 19.7. The quantitative estimate of drug-likeness (QED) is 0.164. The van der Waals surface area contributed by atoms with Gasteiger partial charge in [-0.25, -0.2) is 19.4 Å². The molecular weight excluding hydrogens is 518 g/mol. The summed E-state index contributed by atoms with van der Waals surface area (Å²) in [5, 5.41) is 0. The smallest absolute Gasteiger partial charge is 0.343 e. The van der Waals surface area contributed by atoms with Crippen LogP contribution in [-0.4, -0.2) is 35.0 Å². The van der Waals surface area contributed by atoms with Crippen LogP contribution in [0.5, 0.6) is 0 Å². The third kappa shape index (κ3) is 5.07. The summed E-state index contributed by atoms with van der Waals surface area (Å²) < 4.78 is 7.04. The number of aromatic nitrogens is 1. The normalized spacial score (nSPS) is 14.6. The molecule has 2 heterocycles. The van der Waals surface area contributed by atoms with Gasteiger partial charge in [-0.3, -0.25) is 9.59 Å². The van der Waals surface area contributed by atoms with Crippen molar-refractivity contribution in [2.75, 3.05) is 16.4 Å². The molecule has 0 N–H and O–H groups in total. The lowest BCUT2D eigenvalue weighted by atomic mass is 10.0. The van der Waals surface area contributed by atoms with Crippen LogP contribution >= 0.6 is 0 Å². The molecule has 1 fully saturated rings. The van der Waals surface area contributed by atoms with E-state index in [-0.39, 0.29) is 5.57 Å². The van der Waals surface area contributed by atoms with E-state index < -0.39 is 23.8 Å². The first-order valence-electron chi connectivity index (χ1n) is 13.2. The molecule has 0 spiro atoms. The minimum absolute atomic E-state index is 0.132. The van der Waals surface area contributed by atoms with E-state index >= 15 is 0 Å². The summed E-state index contributed by atoms with van der Waals surface area (Å²) >= 11 is 0. The topological polar surface area (TPSA) is 88.9 Å². The summed E-state index contributed by atoms with van der Waals surface area (Å²) in [6, 6.07) is 23.7. The lowest BCUT2D eigenvalue weighted by Gasteiger charge is -2.34. The third-order valence-electron chi connectivity index (χ3n) is 6.96. The molecule has 1 saturated heterocycles.